The number of unbranched alkanes of at least 4 members (excludes halogenated alkanes) is 1. The maximum Gasteiger partial charge on any atom is 0.277 e. The lowest BCUT2D eigenvalue weighted by Crippen LogP contribution is -2.33. The number of amides is 1. The fourth-order valence-corrected chi connectivity index (χ4v) is 6.04. The minimum atomic E-state index is -4.69. The number of hydrogen-bond acceptors (Lipinski definition) is 8. The number of halogens is 1. The minimum Gasteiger partial charge on any atom is -0.492 e. The third-order valence-corrected chi connectivity index (χ3v) is 8.51. The molecule has 2 heterocycles. The van der Waals surface area contributed by atoms with Gasteiger partial charge >= 0.3 is 0 Å². The van der Waals surface area contributed by atoms with E-state index >= 15 is 0 Å². The number of aromatic hydroxyl groups is 1. The first kappa shape index (κ1) is 30.1. The minimum absolute atomic E-state index is 0.120. The number of rotatable bonds is 10. The predicted molar refractivity (Wildman–Crippen MR) is 152 cm³/mol. The highest BCUT2D eigenvalue weighted by Crippen LogP contribution is 2.30. The number of aryl methyl sites for hydroxylation is 1. The molecule has 0 saturated carbocycles. The number of aromatic nitrogens is 3. The number of benzene rings is 2. The van der Waals surface area contributed by atoms with Crippen LogP contribution < -0.4 is 11.3 Å². The fraction of sp³-hybridized carbons (Fsp3) is 0.233. The quantitative estimate of drug-likeness (QED) is 0.276. The second-order valence-corrected chi connectivity index (χ2v) is 11.4. The lowest BCUT2D eigenvalue weighted by atomic mass is 10.0. The van der Waals surface area contributed by atoms with Crippen molar-refractivity contribution in [3.8, 4) is 23.1 Å². The molecule has 0 aliphatic heterocycles. The summed E-state index contributed by atoms with van der Waals surface area (Å²) in [6.45, 7) is 3.76. The first-order valence-corrected chi connectivity index (χ1v) is 14.7. The molecule has 10 nitrogen and oxygen atoms in total. The SMILES string of the molecule is CCCCc1nc(O)c(S(=O)(=O)c2ccc(-c3ccc(F)cc3C(N)=O)cn2)c(=O)n1C(CC)c1cccc(C#N)c1. The van der Waals surface area contributed by atoms with Crippen molar-refractivity contribution in [2.45, 2.75) is 55.5 Å². The van der Waals surface area contributed by atoms with E-state index in [1.807, 2.05) is 13.8 Å². The summed E-state index contributed by atoms with van der Waals surface area (Å²) in [5, 5.41) is 19.6. The molecule has 4 rings (SSSR count). The van der Waals surface area contributed by atoms with Crippen LogP contribution in [-0.2, 0) is 16.3 Å². The maximum absolute atomic E-state index is 14.0. The monoisotopic (exact) mass is 589 g/mol. The summed E-state index contributed by atoms with van der Waals surface area (Å²) < 4.78 is 42.4. The summed E-state index contributed by atoms with van der Waals surface area (Å²) in [6.07, 6.45) is 3.21. The standard InChI is InChI=1S/C30H28FN5O5S/c1-3-5-9-25-35-29(38)27(30(39)36(25)24(4-2)19-8-6-7-18(14-19)16-32)42(40,41)26-13-10-20(17-34-26)22-12-11-21(31)15-23(22)28(33)37/h6-8,10-15,17,24,38H,3-5,9H2,1-2H3,(H2,33,37). The van der Waals surface area contributed by atoms with Crippen molar-refractivity contribution in [1.29, 1.82) is 5.26 Å². The Morgan fingerprint density at radius 2 is 1.93 bits per heavy atom. The van der Waals surface area contributed by atoms with Crippen LogP contribution in [0.1, 0.15) is 66.5 Å². The molecule has 1 unspecified atom stereocenters. The normalized spacial score (nSPS) is 12.0. The largest absolute Gasteiger partial charge is 0.492 e. The van der Waals surface area contributed by atoms with Crippen LogP contribution in [-0.4, -0.2) is 34.0 Å². The zero-order chi connectivity index (χ0) is 30.6. The van der Waals surface area contributed by atoms with Gasteiger partial charge in [-0.2, -0.15) is 10.2 Å². The number of nitrogens with two attached hydrogens (primary N) is 1. The van der Waals surface area contributed by atoms with E-state index in [9.17, 15) is 32.8 Å². The Hall–Kier alpha value is -4.89. The molecule has 0 bridgehead atoms. The van der Waals surface area contributed by atoms with Crippen molar-refractivity contribution in [3.05, 3.63) is 99.5 Å². The topological polar surface area (TPSA) is 169 Å². The van der Waals surface area contributed by atoms with E-state index < -0.39 is 49.0 Å². The average Bonchev–Trinajstić information content (AvgIpc) is 2.97. The molecule has 2 aromatic carbocycles. The predicted octanol–water partition coefficient (Wildman–Crippen LogP) is 4.30. The molecule has 3 N–H and O–H groups in total. The van der Waals surface area contributed by atoms with Crippen LogP contribution in [0.2, 0.25) is 0 Å². The molecule has 0 saturated heterocycles. The van der Waals surface area contributed by atoms with Gasteiger partial charge in [0.05, 0.1) is 17.7 Å². The number of carbonyl (C=O) groups is 1. The third kappa shape index (κ3) is 5.77. The Morgan fingerprint density at radius 3 is 2.55 bits per heavy atom. The highest BCUT2D eigenvalue weighted by atomic mass is 32.2. The number of primary amides is 1. The van der Waals surface area contributed by atoms with Crippen LogP contribution in [0.15, 0.2) is 75.5 Å². The highest BCUT2D eigenvalue weighted by Gasteiger charge is 2.32. The van der Waals surface area contributed by atoms with Crippen LogP contribution in [0.25, 0.3) is 11.1 Å². The molecule has 0 aliphatic rings. The van der Waals surface area contributed by atoms with Crippen LogP contribution in [0.5, 0.6) is 5.88 Å². The number of nitriles is 1. The van der Waals surface area contributed by atoms with Crippen LogP contribution >= 0.6 is 0 Å². The van der Waals surface area contributed by atoms with Gasteiger partial charge < -0.3 is 10.8 Å². The van der Waals surface area contributed by atoms with Gasteiger partial charge in [-0.15, -0.1) is 0 Å². The van der Waals surface area contributed by atoms with Crippen molar-refractivity contribution in [3.63, 3.8) is 0 Å². The average molecular weight is 590 g/mol. The van der Waals surface area contributed by atoms with Gasteiger partial charge in [0.1, 0.15) is 11.6 Å². The summed E-state index contributed by atoms with van der Waals surface area (Å²) in [7, 11) is -4.69. The van der Waals surface area contributed by atoms with Gasteiger partial charge in [0.15, 0.2) is 5.03 Å². The summed E-state index contributed by atoms with van der Waals surface area (Å²) >= 11 is 0. The van der Waals surface area contributed by atoms with Crippen molar-refractivity contribution in [1.82, 2.24) is 14.5 Å². The molecular weight excluding hydrogens is 561 g/mol. The molecule has 12 heteroatoms. The number of carbonyl (C=O) groups excluding carboxylic acids is 1. The van der Waals surface area contributed by atoms with Crippen molar-refractivity contribution in [2.75, 3.05) is 0 Å². The Kier molecular flexibility index (Phi) is 8.82. The summed E-state index contributed by atoms with van der Waals surface area (Å²) in [5.74, 6) is -2.28. The van der Waals surface area contributed by atoms with E-state index in [4.69, 9.17) is 5.73 Å². The van der Waals surface area contributed by atoms with E-state index in [2.05, 4.69) is 16.0 Å². The molecule has 0 fully saturated rings. The van der Waals surface area contributed by atoms with Crippen LogP contribution in [0, 0.1) is 17.1 Å². The molecule has 0 radical (unpaired) electrons. The second kappa shape index (κ2) is 12.3. The molecule has 216 valence electrons. The molecule has 1 amide bonds. The molecule has 0 spiro atoms. The Bertz CT molecular complexity index is 1860. The van der Waals surface area contributed by atoms with E-state index in [-0.39, 0.29) is 22.5 Å². The first-order chi connectivity index (χ1) is 20.0. The van der Waals surface area contributed by atoms with Gasteiger partial charge in [-0.25, -0.2) is 17.8 Å². The van der Waals surface area contributed by atoms with E-state index in [1.165, 1.54) is 16.7 Å². The van der Waals surface area contributed by atoms with E-state index in [0.29, 0.717) is 30.4 Å². The van der Waals surface area contributed by atoms with Crippen LogP contribution in [0.4, 0.5) is 4.39 Å². The lowest BCUT2D eigenvalue weighted by molar-refractivity contribution is 0.100. The zero-order valence-electron chi connectivity index (χ0n) is 22.9. The number of pyridine rings is 1. The maximum atomic E-state index is 14.0. The highest BCUT2D eigenvalue weighted by molar-refractivity contribution is 7.91. The molecule has 1 atom stereocenters. The van der Waals surface area contributed by atoms with Crippen LogP contribution in [0.3, 0.4) is 0 Å². The van der Waals surface area contributed by atoms with Gasteiger partial charge in [0.25, 0.3) is 5.56 Å². The van der Waals surface area contributed by atoms with Crippen molar-refractivity contribution in [2.24, 2.45) is 5.73 Å². The van der Waals surface area contributed by atoms with Gasteiger partial charge in [-0.3, -0.25) is 14.2 Å². The summed E-state index contributed by atoms with van der Waals surface area (Å²) in [6, 6.07) is 13.9. The van der Waals surface area contributed by atoms with Gasteiger partial charge in [-0.1, -0.05) is 38.5 Å². The molecular formula is C30H28FN5O5S. The number of nitrogens with zero attached hydrogens (tertiary/aromatic N) is 4. The molecule has 2 aromatic heterocycles. The summed E-state index contributed by atoms with van der Waals surface area (Å²) in [5.41, 5.74) is 5.78. The van der Waals surface area contributed by atoms with Gasteiger partial charge in [0, 0.05) is 23.7 Å². The first-order valence-electron chi connectivity index (χ1n) is 13.2. The Balaban J connectivity index is 1.87. The van der Waals surface area contributed by atoms with E-state index in [1.54, 1.807) is 24.3 Å². The second-order valence-electron chi connectivity index (χ2n) is 9.56. The molecule has 42 heavy (non-hydrogen) atoms. The number of sulfone groups is 1. The van der Waals surface area contributed by atoms with E-state index in [0.717, 1.165) is 30.8 Å². The van der Waals surface area contributed by atoms with Crippen molar-refractivity contribution < 1.29 is 22.7 Å². The Morgan fingerprint density at radius 1 is 1.17 bits per heavy atom. The molecule has 4 aromatic rings. The van der Waals surface area contributed by atoms with Crippen molar-refractivity contribution >= 4 is 15.7 Å². The van der Waals surface area contributed by atoms with Gasteiger partial charge in [-0.05, 0) is 60.4 Å². The summed E-state index contributed by atoms with van der Waals surface area (Å²) in [4.78, 5) is 33.0. The Labute approximate surface area is 241 Å². The third-order valence-electron chi connectivity index (χ3n) is 6.82. The lowest BCUT2D eigenvalue weighted by Gasteiger charge is -2.23. The molecule has 0 aliphatic carbocycles. The van der Waals surface area contributed by atoms with Gasteiger partial charge in [0.2, 0.25) is 26.5 Å². The zero-order valence-corrected chi connectivity index (χ0v) is 23.7. The number of hydrogen-bond donors (Lipinski definition) is 2. The fourth-order valence-electron chi connectivity index (χ4n) is 4.77. The smallest absolute Gasteiger partial charge is 0.277 e.